The summed E-state index contributed by atoms with van der Waals surface area (Å²) in [6.45, 7) is 10.7. The van der Waals surface area contributed by atoms with Gasteiger partial charge in [-0.05, 0) is 31.5 Å². The van der Waals surface area contributed by atoms with Gasteiger partial charge in [0.2, 0.25) is 5.91 Å². The number of hydrogen-bond acceptors (Lipinski definition) is 3. The Morgan fingerprint density at radius 3 is 2.68 bits per heavy atom. The first kappa shape index (κ1) is 17.4. The second-order valence-electron chi connectivity index (χ2n) is 7.69. The average Bonchev–Trinajstić information content (AvgIpc) is 2.87. The van der Waals surface area contributed by atoms with Crippen LogP contribution in [0.25, 0.3) is 21.9 Å². The van der Waals surface area contributed by atoms with Gasteiger partial charge in [0.1, 0.15) is 0 Å². The molecule has 25 heavy (non-hydrogen) atoms. The van der Waals surface area contributed by atoms with Crippen molar-refractivity contribution in [2.24, 2.45) is 5.41 Å². The number of aryl methyl sites for hydroxylation is 2. The number of fused-ring (bicyclic) bond motifs is 2. The van der Waals surface area contributed by atoms with Gasteiger partial charge in [0.05, 0.1) is 10.9 Å². The molecule has 132 valence electrons. The van der Waals surface area contributed by atoms with Gasteiger partial charge in [-0.2, -0.15) is 5.10 Å². The Balaban J connectivity index is 2.15. The maximum Gasteiger partial charge on any atom is 0.230 e. The van der Waals surface area contributed by atoms with Crippen molar-refractivity contribution < 1.29 is 4.79 Å². The molecule has 0 aliphatic heterocycles. The van der Waals surface area contributed by atoms with E-state index >= 15 is 0 Å². The van der Waals surface area contributed by atoms with Crippen LogP contribution in [0.5, 0.6) is 0 Å². The largest absolute Gasteiger partial charge is 0.308 e. The number of unbranched alkanes of at least 4 members (excludes halogenated alkanes) is 1. The van der Waals surface area contributed by atoms with E-state index in [4.69, 9.17) is 4.98 Å². The summed E-state index contributed by atoms with van der Waals surface area (Å²) in [5.41, 5.74) is 2.49. The monoisotopic (exact) mass is 338 g/mol. The van der Waals surface area contributed by atoms with E-state index in [0.717, 1.165) is 41.3 Å². The Morgan fingerprint density at radius 2 is 2.00 bits per heavy atom. The molecule has 0 atom stereocenters. The van der Waals surface area contributed by atoms with Crippen molar-refractivity contribution in [3.05, 3.63) is 29.8 Å². The molecule has 0 radical (unpaired) electrons. The van der Waals surface area contributed by atoms with Gasteiger partial charge in [-0.15, -0.1) is 0 Å². The number of benzene rings is 1. The van der Waals surface area contributed by atoms with Crippen LogP contribution in [-0.2, 0) is 11.3 Å². The molecule has 0 saturated heterocycles. The molecular formula is C20H26N4O. The van der Waals surface area contributed by atoms with E-state index in [2.05, 4.69) is 42.5 Å². The van der Waals surface area contributed by atoms with Crippen LogP contribution in [0.3, 0.4) is 0 Å². The number of carbonyl (C=O) groups is 1. The lowest BCUT2D eigenvalue weighted by molar-refractivity contribution is -0.123. The predicted molar refractivity (Wildman–Crippen MR) is 103 cm³/mol. The zero-order valence-electron chi connectivity index (χ0n) is 15.7. The molecule has 1 N–H and O–H groups in total. The van der Waals surface area contributed by atoms with Crippen LogP contribution in [-0.4, -0.2) is 20.7 Å². The number of nitrogens with zero attached hydrogens (tertiary/aromatic N) is 3. The van der Waals surface area contributed by atoms with Crippen LogP contribution in [0.1, 0.15) is 46.1 Å². The highest BCUT2D eigenvalue weighted by atomic mass is 16.2. The van der Waals surface area contributed by atoms with Crippen LogP contribution >= 0.6 is 0 Å². The summed E-state index contributed by atoms with van der Waals surface area (Å²) < 4.78 is 1.91. The van der Waals surface area contributed by atoms with Crippen molar-refractivity contribution in [2.75, 3.05) is 5.32 Å². The van der Waals surface area contributed by atoms with E-state index < -0.39 is 5.41 Å². The maximum atomic E-state index is 12.4. The lowest BCUT2D eigenvalue weighted by atomic mass is 9.96. The molecule has 3 aromatic rings. The normalized spacial score (nSPS) is 12.0. The molecule has 0 unspecified atom stereocenters. The second kappa shape index (κ2) is 6.47. The Labute approximate surface area is 148 Å². The first-order valence-corrected chi connectivity index (χ1v) is 8.89. The fourth-order valence-corrected chi connectivity index (χ4v) is 2.73. The minimum Gasteiger partial charge on any atom is -0.308 e. The van der Waals surface area contributed by atoms with Crippen LogP contribution in [0.15, 0.2) is 24.3 Å². The third-order valence-corrected chi connectivity index (χ3v) is 4.31. The summed E-state index contributed by atoms with van der Waals surface area (Å²) in [5.74, 6) is 0.556. The van der Waals surface area contributed by atoms with Gasteiger partial charge in [0.15, 0.2) is 11.5 Å². The van der Waals surface area contributed by atoms with Crippen molar-refractivity contribution in [1.82, 2.24) is 14.8 Å². The van der Waals surface area contributed by atoms with Gasteiger partial charge in [-0.1, -0.05) is 45.7 Å². The first-order chi connectivity index (χ1) is 11.8. The third-order valence-electron chi connectivity index (χ3n) is 4.31. The number of carbonyl (C=O) groups excluding carboxylic acids is 1. The van der Waals surface area contributed by atoms with E-state index in [9.17, 15) is 4.79 Å². The van der Waals surface area contributed by atoms with Crippen molar-refractivity contribution in [1.29, 1.82) is 0 Å². The van der Waals surface area contributed by atoms with Gasteiger partial charge in [0.25, 0.3) is 0 Å². The fourth-order valence-electron chi connectivity index (χ4n) is 2.73. The second-order valence-corrected chi connectivity index (χ2v) is 7.69. The lowest BCUT2D eigenvalue weighted by Crippen LogP contribution is -2.27. The zero-order chi connectivity index (χ0) is 18.2. The molecular weight excluding hydrogens is 312 g/mol. The van der Waals surface area contributed by atoms with Gasteiger partial charge < -0.3 is 5.32 Å². The number of anilines is 1. The molecule has 5 heteroatoms. The van der Waals surface area contributed by atoms with Gasteiger partial charge in [-0.25, -0.2) is 9.67 Å². The van der Waals surface area contributed by atoms with Crippen molar-refractivity contribution >= 4 is 33.7 Å². The number of aromatic nitrogens is 3. The summed E-state index contributed by atoms with van der Waals surface area (Å²) >= 11 is 0. The summed E-state index contributed by atoms with van der Waals surface area (Å²) in [6.07, 6.45) is 2.11. The number of nitrogens with one attached hydrogen (secondary N) is 1. The maximum absolute atomic E-state index is 12.4. The number of rotatable bonds is 4. The quantitative estimate of drug-likeness (QED) is 0.751. The fraction of sp³-hybridized carbons (Fsp3) is 0.450. The molecule has 2 heterocycles. The van der Waals surface area contributed by atoms with Crippen LogP contribution in [0.2, 0.25) is 0 Å². The molecule has 3 rings (SSSR count). The third kappa shape index (κ3) is 3.50. The minimum absolute atomic E-state index is 0.0427. The average molecular weight is 338 g/mol. The van der Waals surface area contributed by atoms with Crippen molar-refractivity contribution in [2.45, 2.75) is 54.0 Å². The van der Waals surface area contributed by atoms with Crippen molar-refractivity contribution in [3.63, 3.8) is 0 Å². The summed E-state index contributed by atoms with van der Waals surface area (Å²) in [7, 11) is 0. The molecule has 2 aromatic heterocycles. The van der Waals surface area contributed by atoms with Crippen molar-refractivity contribution in [3.8, 4) is 0 Å². The smallest absolute Gasteiger partial charge is 0.230 e. The Kier molecular flexibility index (Phi) is 4.50. The van der Waals surface area contributed by atoms with Gasteiger partial charge in [-0.3, -0.25) is 4.79 Å². The van der Waals surface area contributed by atoms with E-state index in [1.807, 2.05) is 31.5 Å². The zero-order valence-corrected chi connectivity index (χ0v) is 15.7. The SMILES string of the molecule is CCCCn1nc(NC(=O)C(C)(C)C)c2cc3cc(C)ccc3nc21. The predicted octanol–water partition coefficient (Wildman–Crippen LogP) is 4.68. The molecule has 0 aliphatic carbocycles. The molecule has 1 aromatic carbocycles. The standard InChI is InChI=1S/C20H26N4O/c1-6-7-10-24-18-15(17(23-24)22-19(25)20(3,4)5)12-14-11-13(2)8-9-16(14)21-18/h8-9,11-12H,6-7,10H2,1-5H3,(H,22,23,25). The Hall–Kier alpha value is -2.43. The van der Waals surface area contributed by atoms with Crippen LogP contribution in [0.4, 0.5) is 5.82 Å². The first-order valence-electron chi connectivity index (χ1n) is 8.89. The molecule has 0 saturated carbocycles. The number of amides is 1. The molecule has 1 amide bonds. The topological polar surface area (TPSA) is 59.8 Å². The molecule has 0 fully saturated rings. The van der Waals surface area contributed by atoms with E-state index in [0.29, 0.717) is 5.82 Å². The minimum atomic E-state index is -0.472. The summed E-state index contributed by atoms with van der Waals surface area (Å²) in [5, 5.41) is 9.60. The van der Waals surface area contributed by atoms with E-state index in [1.54, 1.807) is 0 Å². The number of hydrogen-bond donors (Lipinski definition) is 1. The van der Waals surface area contributed by atoms with Gasteiger partial charge in [0, 0.05) is 17.3 Å². The molecule has 0 bridgehead atoms. The molecule has 0 spiro atoms. The summed E-state index contributed by atoms with van der Waals surface area (Å²) in [6, 6.07) is 8.30. The molecule has 0 aliphatic rings. The van der Waals surface area contributed by atoms with E-state index in [1.165, 1.54) is 5.56 Å². The van der Waals surface area contributed by atoms with Crippen LogP contribution in [0, 0.1) is 12.3 Å². The highest BCUT2D eigenvalue weighted by Gasteiger charge is 2.24. The highest BCUT2D eigenvalue weighted by molar-refractivity contribution is 6.03. The highest BCUT2D eigenvalue weighted by Crippen LogP contribution is 2.28. The van der Waals surface area contributed by atoms with E-state index in [-0.39, 0.29) is 5.91 Å². The lowest BCUT2D eigenvalue weighted by Gasteiger charge is -2.16. The number of pyridine rings is 1. The van der Waals surface area contributed by atoms with Gasteiger partial charge >= 0.3 is 0 Å². The van der Waals surface area contributed by atoms with Crippen LogP contribution < -0.4 is 5.32 Å². The Morgan fingerprint density at radius 1 is 1.24 bits per heavy atom. The summed E-state index contributed by atoms with van der Waals surface area (Å²) in [4.78, 5) is 17.2. The Bertz CT molecular complexity index is 934. The molecule has 5 nitrogen and oxygen atoms in total.